The Morgan fingerprint density at radius 3 is 2.89 bits per heavy atom. The summed E-state index contributed by atoms with van der Waals surface area (Å²) in [6.07, 6.45) is 2.49. The van der Waals surface area contributed by atoms with Crippen LogP contribution in [0.15, 0.2) is 53.2 Å². The van der Waals surface area contributed by atoms with E-state index < -0.39 is 0 Å². The van der Waals surface area contributed by atoms with Crippen molar-refractivity contribution in [2.24, 2.45) is 0 Å². The standard InChI is InChI=1S/C21H20N4O2/c1-3-20-24-21(27-25-20)14-9-8-13(2)18(10-14)23-12-19(26)16-11-22-17-7-5-4-6-15(16)17/h4-11,22-23H,3,12H2,1-2H3. The van der Waals surface area contributed by atoms with Gasteiger partial charge in [0.1, 0.15) is 0 Å². The summed E-state index contributed by atoms with van der Waals surface area (Å²) in [4.78, 5) is 20.2. The number of H-pyrrole nitrogens is 1. The molecule has 0 aliphatic heterocycles. The molecule has 4 rings (SSSR count). The largest absolute Gasteiger partial charge is 0.377 e. The average molecular weight is 360 g/mol. The highest BCUT2D eigenvalue weighted by molar-refractivity contribution is 6.09. The predicted molar refractivity (Wildman–Crippen MR) is 105 cm³/mol. The van der Waals surface area contributed by atoms with Crippen LogP contribution in [0.3, 0.4) is 0 Å². The third-order valence-electron chi connectivity index (χ3n) is 4.60. The molecule has 2 N–H and O–H groups in total. The van der Waals surface area contributed by atoms with Crippen molar-refractivity contribution in [3.8, 4) is 11.5 Å². The van der Waals surface area contributed by atoms with Gasteiger partial charge in [0.2, 0.25) is 0 Å². The maximum absolute atomic E-state index is 12.7. The summed E-state index contributed by atoms with van der Waals surface area (Å²) >= 11 is 0. The van der Waals surface area contributed by atoms with Crippen LogP contribution in [0.1, 0.15) is 28.7 Å². The number of fused-ring (bicyclic) bond motifs is 1. The topological polar surface area (TPSA) is 83.8 Å². The summed E-state index contributed by atoms with van der Waals surface area (Å²) in [6.45, 7) is 4.18. The third kappa shape index (κ3) is 3.33. The summed E-state index contributed by atoms with van der Waals surface area (Å²) < 4.78 is 5.31. The highest BCUT2D eigenvalue weighted by atomic mass is 16.5. The molecule has 0 aliphatic carbocycles. The fraction of sp³-hybridized carbons (Fsp3) is 0.190. The second kappa shape index (κ2) is 7.07. The number of nitrogens with zero attached hydrogens (tertiary/aromatic N) is 2. The van der Waals surface area contributed by atoms with E-state index in [0.717, 1.165) is 34.1 Å². The number of hydrogen-bond donors (Lipinski definition) is 2. The van der Waals surface area contributed by atoms with Gasteiger partial charge in [-0.1, -0.05) is 36.3 Å². The Labute approximate surface area is 156 Å². The lowest BCUT2D eigenvalue weighted by molar-refractivity contribution is 0.101. The smallest absolute Gasteiger partial charge is 0.257 e. The van der Waals surface area contributed by atoms with Gasteiger partial charge in [-0.15, -0.1) is 0 Å². The number of aromatic nitrogens is 3. The number of para-hydroxylation sites is 1. The number of anilines is 1. The first-order valence-electron chi connectivity index (χ1n) is 8.92. The Morgan fingerprint density at radius 2 is 2.07 bits per heavy atom. The molecule has 0 amide bonds. The first-order valence-corrected chi connectivity index (χ1v) is 8.92. The van der Waals surface area contributed by atoms with Crippen molar-refractivity contribution in [3.05, 3.63) is 65.6 Å². The number of ketones is 1. The lowest BCUT2D eigenvalue weighted by atomic mass is 10.1. The highest BCUT2D eigenvalue weighted by Gasteiger charge is 2.13. The summed E-state index contributed by atoms with van der Waals surface area (Å²) in [6, 6.07) is 13.6. The van der Waals surface area contributed by atoms with Gasteiger partial charge in [-0.05, 0) is 30.7 Å². The molecule has 4 aromatic rings. The van der Waals surface area contributed by atoms with Gasteiger partial charge < -0.3 is 14.8 Å². The SMILES string of the molecule is CCc1noc(-c2ccc(C)c(NCC(=O)c3c[nH]c4ccccc34)c2)n1. The van der Waals surface area contributed by atoms with Gasteiger partial charge >= 0.3 is 0 Å². The molecule has 6 heteroatoms. The number of carbonyl (C=O) groups is 1. The maximum Gasteiger partial charge on any atom is 0.257 e. The van der Waals surface area contributed by atoms with Crippen LogP contribution in [0.2, 0.25) is 0 Å². The number of nitrogens with one attached hydrogen (secondary N) is 2. The van der Waals surface area contributed by atoms with E-state index in [9.17, 15) is 4.79 Å². The van der Waals surface area contributed by atoms with E-state index in [4.69, 9.17) is 4.52 Å². The molecular formula is C21H20N4O2. The summed E-state index contributed by atoms with van der Waals surface area (Å²) in [5.74, 6) is 1.19. The summed E-state index contributed by atoms with van der Waals surface area (Å²) in [5, 5.41) is 8.12. The number of carbonyl (C=O) groups excluding carboxylic acids is 1. The first kappa shape index (κ1) is 17.0. The molecule has 0 radical (unpaired) electrons. The fourth-order valence-electron chi connectivity index (χ4n) is 3.03. The average Bonchev–Trinajstić information content (AvgIpc) is 3.34. The van der Waals surface area contributed by atoms with E-state index in [1.54, 1.807) is 6.20 Å². The number of hydrogen-bond acceptors (Lipinski definition) is 5. The molecular weight excluding hydrogens is 340 g/mol. The van der Waals surface area contributed by atoms with E-state index in [1.807, 2.05) is 56.3 Å². The molecule has 136 valence electrons. The van der Waals surface area contributed by atoms with Gasteiger partial charge in [-0.25, -0.2) is 0 Å². The van der Waals surface area contributed by atoms with Crippen molar-refractivity contribution < 1.29 is 9.32 Å². The highest BCUT2D eigenvalue weighted by Crippen LogP contribution is 2.25. The molecule has 0 atom stereocenters. The predicted octanol–water partition coefficient (Wildman–Crippen LogP) is 4.38. The Kier molecular flexibility index (Phi) is 4.46. The molecule has 0 fully saturated rings. The molecule has 6 nitrogen and oxygen atoms in total. The molecule has 27 heavy (non-hydrogen) atoms. The van der Waals surface area contributed by atoms with Crippen molar-refractivity contribution in [1.82, 2.24) is 15.1 Å². The van der Waals surface area contributed by atoms with E-state index in [2.05, 4.69) is 20.4 Å². The zero-order valence-electron chi connectivity index (χ0n) is 15.2. The van der Waals surface area contributed by atoms with Crippen LogP contribution in [0.4, 0.5) is 5.69 Å². The lowest BCUT2D eigenvalue weighted by Gasteiger charge is -2.10. The fourth-order valence-corrected chi connectivity index (χ4v) is 3.03. The Balaban J connectivity index is 1.54. The molecule has 0 unspecified atom stereocenters. The molecule has 0 spiro atoms. The van der Waals surface area contributed by atoms with Crippen LogP contribution in [-0.2, 0) is 6.42 Å². The minimum atomic E-state index is 0.0308. The van der Waals surface area contributed by atoms with Crippen LogP contribution in [0, 0.1) is 6.92 Å². The van der Waals surface area contributed by atoms with Gasteiger partial charge in [0.05, 0.1) is 6.54 Å². The van der Waals surface area contributed by atoms with Gasteiger partial charge in [-0.2, -0.15) is 4.98 Å². The minimum absolute atomic E-state index is 0.0308. The number of aryl methyl sites for hydroxylation is 2. The third-order valence-corrected chi connectivity index (χ3v) is 4.60. The quantitative estimate of drug-likeness (QED) is 0.498. The van der Waals surface area contributed by atoms with E-state index >= 15 is 0 Å². The van der Waals surface area contributed by atoms with Crippen LogP contribution in [0.25, 0.3) is 22.4 Å². The Hall–Kier alpha value is -3.41. The van der Waals surface area contributed by atoms with Crippen LogP contribution >= 0.6 is 0 Å². The van der Waals surface area contributed by atoms with Gasteiger partial charge in [0.25, 0.3) is 5.89 Å². The number of Topliss-reactive ketones (excluding diaryl/α,β-unsaturated/α-hetero) is 1. The van der Waals surface area contributed by atoms with Crippen molar-refractivity contribution in [3.63, 3.8) is 0 Å². The molecule has 0 bridgehead atoms. The second-order valence-corrected chi connectivity index (χ2v) is 6.42. The van der Waals surface area contributed by atoms with Crippen molar-refractivity contribution in [2.75, 3.05) is 11.9 Å². The summed E-state index contributed by atoms with van der Waals surface area (Å²) in [7, 11) is 0. The van der Waals surface area contributed by atoms with E-state index in [1.165, 1.54) is 0 Å². The van der Waals surface area contributed by atoms with E-state index in [-0.39, 0.29) is 12.3 Å². The zero-order chi connectivity index (χ0) is 18.8. The van der Waals surface area contributed by atoms with Gasteiger partial charge in [0.15, 0.2) is 11.6 Å². The second-order valence-electron chi connectivity index (χ2n) is 6.42. The van der Waals surface area contributed by atoms with Crippen LogP contribution < -0.4 is 5.32 Å². The molecule has 0 saturated heterocycles. The molecule has 0 aliphatic rings. The molecule has 2 heterocycles. The maximum atomic E-state index is 12.7. The van der Waals surface area contributed by atoms with Crippen LogP contribution in [-0.4, -0.2) is 27.5 Å². The van der Waals surface area contributed by atoms with Crippen molar-refractivity contribution in [2.45, 2.75) is 20.3 Å². The molecule has 2 aromatic heterocycles. The summed E-state index contributed by atoms with van der Waals surface area (Å²) in [5.41, 5.74) is 4.39. The van der Waals surface area contributed by atoms with Crippen LogP contribution in [0.5, 0.6) is 0 Å². The normalized spacial score (nSPS) is 11.0. The van der Waals surface area contributed by atoms with Crippen molar-refractivity contribution >= 4 is 22.4 Å². The molecule has 0 saturated carbocycles. The van der Waals surface area contributed by atoms with Gasteiger partial charge in [0, 0.05) is 40.3 Å². The minimum Gasteiger partial charge on any atom is -0.377 e. The lowest BCUT2D eigenvalue weighted by Crippen LogP contribution is -2.14. The number of rotatable bonds is 6. The number of aromatic amines is 1. The first-order chi connectivity index (χ1) is 13.2. The van der Waals surface area contributed by atoms with Crippen molar-refractivity contribution in [1.29, 1.82) is 0 Å². The zero-order valence-corrected chi connectivity index (χ0v) is 15.2. The van der Waals surface area contributed by atoms with E-state index in [0.29, 0.717) is 17.3 Å². The molecule has 2 aromatic carbocycles. The van der Waals surface area contributed by atoms with Gasteiger partial charge in [-0.3, -0.25) is 4.79 Å². The Bertz CT molecular complexity index is 1110. The number of benzene rings is 2. The monoisotopic (exact) mass is 360 g/mol. The Morgan fingerprint density at radius 1 is 1.22 bits per heavy atom.